The zero-order valence-corrected chi connectivity index (χ0v) is 5.13. The predicted molar refractivity (Wildman–Crippen MR) is 31.8 cm³/mol. The molecule has 50 valence electrons. The van der Waals surface area contributed by atoms with E-state index in [2.05, 4.69) is 5.16 Å². The van der Waals surface area contributed by atoms with Gasteiger partial charge in [0.05, 0.1) is 0 Å². The van der Waals surface area contributed by atoms with Gasteiger partial charge < -0.3 is 10.6 Å². The number of hydrogen-bond acceptors (Lipinski definition) is 3. The van der Waals surface area contributed by atoms with Crippen LogP contribution in [0.2, 0.25) is 0 Å². The van der Waals surface area contributed by atoms with Gasteiger partial charge in [-0.3, -0.25) is 4.79 Å². The van der Waals surface area contributed by atoms with Crippen LogP contribution in [0.3, 0.4) is 0 Å². The molecule has 0 spiro atoms. The third-order valence-electron chi connectivity index (χ3n) is 1.11. The summed E-state index contributed by atoms with van der Waals surface area (Å²) in [5.74, 6) is -0.487. The number of nitrogens with zero attached hydrogens (tertiary/aromatic N) is 1. The van der Waals surface area contributed by atoms with E-state index in [0.717, 1.165) is 0 Å². The molecule has 0 aromatic heterocycles. The van der Waals surface area contributed by atoms with E-state index in [9.17, 15) is 4.79 Å². The van der Waals surface area contributed by atoms with Crippen molar-refractivity contribution < 1.29 is 9.63 Å². The van der Waals surface area contributed by atoms with Crippen molar-refractivity contribution in [2.24, 2.45) is 10.9 Å². The molecule has 1 amide bonds. The number of rotatable bonds is 1. The normalized spacial score (nSPS) is 25.0. The number of carbonyl (C=O) groups excluding carboxylic acids is 1. The van der Waals surface area contributed by atoms with Crippen LogP contribution in [-0.2, 0) is 9.63 Å². The lowest BCUT2D eigenvalue weighted by Crippen LogP contribution is -2.22. The highest BCUT2D eigenvalue weighted by molar-refractivity contribution is 6.38. The maximum absolute atomic E-state index is 10.4. The Morgan fingerprint density at radius 3 is 2.89 bits per heavy atom. The smallest absolute Gasteiger partial charge is 0.266 e. The molecule has 0 saturated carbocycles. The van der Waals surface area contributed by atoms with Gasteiger partial charge in [0.1, 0.15) is 11.8 Å². The second-order valence-electron chi connectivity index (χ2n) is 2.02. The Morgan fingerprint density at radius 2 is 2.67 bits per heavy atom. The molecule has 1 unspecified atom stereocenters. The number of amides is 1. The maximum Gasteiger partial charge on any atom is 0.266 e. The average Bonchev–Trinajstić information content (AvgIpc) is 2.14. The second kappa shape index (κ2) is 2.05. The van der Waals surface area contributed by atoms with Crippen molar-refractivity contribution in [3.05, 3.63) is 0 Å². The quantitative estimate of drug-likeness (QED) is 0.524. The fourth-order valence-corrected chi connectivity index (χ4v) is 0.646. The van der Waals surface area contributed by atoms with Gasteiger partial charge in [-0.05, 0) is 6.92 Å². The van der Waals surface area contributed by atoms with Gasteiger partial charge >= 0.3 is 0 Å². The molecule has 1 heterocycles. The van der Waals surface area contributed by atoms with Crippen LogP contribution < -0.4 is 5.73 Å². The maximum atomic E-state index is 10.4. The minimum absolute atomic E-state index is 0.00694. The standard InChI is InChI=1S/C5H8N2O2/c1-3-2-4(5(6)8)7-9-3/h3H,2H2,1H3,(H2,6,8). The van der Waals surface area contributed by atoms with Crippen molar-refractivity contribution in [3.8, 4) is 0 Å². The van der Waals surface area contributed by atoms with Crippen LogP contribution in [0, 0.1) is 0 Å². The van der Waals surface area contributed by atoms with Crippen molar-refractivity contribution in [3.63, 3.8) is 0 Å². The van der Waals surface area contributed by atoms with E-state index < -0.39 is 5.91 Å². The Hall–Kier alpha value is -1.06. The molecule has 1 rings (SSSR count). The Balaban J connectivity index is 2.55. The Bertz CT molecular complexity index is 164. The van der Waals surface area contributed by atoms with Crippen molar-refractivity contribution in [2.45, 2.75) is 19.4 Å². The first-order valence-electron chi connectivity index (χ1n) is 2.72. The summed E-state index contributed by atoms with van der Waals surface area (Å²) in [6.45, 7) is 1.83. The molecular weight excluding hydrogens is 120 g/mol. The molecule has 0 bridgehead atoms. The van der Waals surface area contributed by atoms with Gasteiger partial charge in [-0.1, -0.05) is 5.16 Å². The van der Waals surface area contributed by atoms with Gasteiger partial charge in [-0.2, -0.15) is 0 Å². The Morgan fingerprint density at radius 1 is 2.00 bits per heavy atom. The van der Waals surface area contributed by atoms with E-state index in [1.165, 1.54) is 0 Å². The number of oxime groups is 1. The zero-order chi connectivity index (χ0) is 6.85. The summed E-state index contributed by atoms with van der Waals surface area (Å²) in [6, 6.07) is 0. The Labute approximate surface area is 52.7 Å². The minimum Gasteiger partial charge on any atom is -0.392 e. The van der Waals surface area contributed by atoms with Crippen LogP contribution in [0.25, 0.3) is 0 Å². The highest BCUT2D eigenvalue weighted by Gasteiger charge is 2.19. The lowest BCUT2D eigenvalue weighted by Gasteiger charge is -1.94. The molecule has 9 heavy (non-hydrogen) atoms. The van der Waals surface area contributed by atoms with Crippen LogP contribution in [0.15, 0.2) is 5.16 Å². The molecule has 1 aliphatic heterocycles. The van der Waals surface area contributed by atoms with E-state index in [4.69, 9.17) is 10.6 Å². The monoisotopic (exact) mass is 128 g/mol. The fourth-order valence-electron chi connectivity index (χ4n) is 0.646. The summed E-state index contributed by atoms with van der Waals surface area (Å²) < 4.78 is 0. The van der Waals surface area contributed by atoms with Crippen molar-refractivity contribution in [2.75, 3.05) is 0 Å². The molecule has 1 atom stereocenters. The van der Waals surface area contributed by atoms with Crippen molar-refractivity contribution in [1.82, 2.24) is 0 Å². The largest absolute Gasteiger partial charge is 0.392 e. The van der Waals surface area contributed by atoms with Crippen LogP contribution in [0.5, 0.6) is 0 Å². The van der Waals surface area contributed by atoms with Gasteiger partial charge in [0.25, 0.3) is 5.91 Å². The highest BCUT2D eigenvalue weighted by atomic mass is 16.6. The zero-order valence-electron chi connectivity index (χ0n) is 5.13. The third kappa shape index (κ3) is 1.19. The summed E-state index contributed by atoms with van der Waals surface area (Å²) in [5, 5.41) is 3.46. The van der Waals surface area contributed by atoms with Gasteiger partial charge in [0, 0.05) is 6.42 Å². The first kappa shape index (κ1) is 6.07. The minimum atomic E-state index is -0.487. The molecule has 0 saturated heterocycles. The highest BCUT2D eigenvalue weighted by Crippen LogP contribution is 2.07. The summed E-state index contributed by atoms with van der Waals surface area (Å²) >= 11 is 0. The lowest BCUT2D eigenvalue weighted by atomic mass is 10.2. The van der Waals surface area contributed by atoms with Crippen molar-refractivity contribution >= 4 is 11.6 Å². The van der Waals surface area contributed by atoms with E-state index in [1.807, 2.05) is 6.92 Å². The molecule has 4 nitrogen and oxygen atoms in total. The van der Waals surface area contributed by atoms with Gasteiger partial charge in [0.2, 0.25) is 0 Å². The molecule has 4 heteroatoms. The number of primary amides is 1. The van der Waals surface area contributed by atoms with Gasteiger partial charge in [0.15, 0.2) is 0 Å². The fraction of sp³-hybridized carbons (Fsp3) is 0.600. The molecule has 0 aromatic carbocycles. The van der Waals surface area contributed by atoms with Gasteiger partial charge in [-0.15, -0.1) is 0 Å². The van der Waals surface area contributed by atoms with Crippen molar-refractivity contribution in [1.29, 1.82) is 0 Å². The van der Waals surface area contributed by atoms with E-state index in [0.29, 0.717) is 12.1 Å². The number of nitrogens with two attached hydrogens (primary N) is 1. The Kier molecular flexibility index (Phi) is 1.38. The predicted octanol–water partition coefficient (Wildman–Crippen LogP) is -0.364. The van der Waals surface area contributed by atoms with E-state index in [-0.39, 0.29) is 6.10 Å². The van der Waals surface area contributed by atoms with Crippen LogP contribution in [0.4, 0.5) is 0 Å². The topological polar surface area (TPSA) is 64.7 Å². The van der Waals surface area contributed by atoms with E-state index >= 15 is 0 Å². The molecule has 2 N–H and O–H groups in total. The summed E-state index contributed by atoms with van der Waals surface area (Å²) in [7, 11) is 0. The molecule has 0 radical (unpaired) electrons. The summed E-state index contributed by atoms with van der Waals surface area (Å²) in [4.78, 5) is 15.1. The average molecular weight is 128 g/mol. The SMILES string of the molecule is CC1CC(C(N)=O)=NO1. The molecular formula is C5H8N2O2. The second-order valence-corrected chi connectivity index (χ2v) is 2.02. The summed E-state index contributed by atoms with van der Waals surface area (Å²) in [6.07, 6.45) is 0.544. The summed E-state index contributed by atoms with van der Waals surface area (Å²) in [5.41, 5.74) is 5.25. The third-order valence-corrected chi connectivity index (χ3v) is 1.11. The lowest BCUT2D eigenvalue weighted by molar-refractivity contribution is -0.112. The molecule has 1 aliphatic rings. The van der Waals surface area contributed by atoms with E-state index in [1.54, 1.807) is 0 Å². The molecule has 0 aliphatic carbocycles. The van der Waals surface area contributed by atoms with Crippen LogP contribution in [0.1, 0.15) is 13.3 Å². The van der Waals surface area contributed by atoms with Gasteiger partial charge in [-0.25, -0.2) is 0 Å². The molecule has 0 fully saturated rings. The first-order valence-corrected chi connectivity index (χ1v) is 2.72. The number of hydrogen-bond donors (Lipinski definition) is 1. The van der Waals surface area contributed by atoms with Crippen LogP contribution in [-0.4, -0.2) is 17.7 Å². The molecule has 0 aromatic rings. The van der Waals surface area contributed by atoms with Crippen LogP contribution >= 0.6 is 0 Å². The first-order chi connectivity index (χ1) is 4.20. The number of carbonyl (C=O) groups is 1.